The van der Waals surface area contributed by atoms with Crippen LogP contribution in [0.25, 0.3) is 0 Å². The van der Waals surface area contributed by atoms with Gasteiger partial charge in [-0.15, -0.1) is 6.58 Å². The molecule has 0 spiro atoms. The van der Waals surface area contributed by atoms with Crippen molar-refractivity contribution < 1.29 is 15.3 Å². The van der Waals surface area contributed by atoms with E-state index in [-0.39, 0.29) is 23.0 Å². The Labute approximate surface area is 175 Å². The summed E-state index contributed by atoms with van der Waals surface area (Å²) in [7, 11) is 0. The van der Waals surface area contributed by atoms with Gasteiger partial charge in [0, 0.05) is 0 Å². The molecule has 2 fully saturated rings. The van der Waals surface area contributed by atoms with Crippen LogP contribution in [0.2, 0.25) is 0 Å². The van der Waals surface area contributed by atoms with Crippen molar-refractivity contribution in [2.24, 2.45) is 22.7 Å². The molecule has 1 aromatic rings. The molecule has 0 heterocycles. The number of aliphatic hydroxyl groups excluding tert-OH is 2. The molecule has 0 saturated heterocycles. The maximum absolute atomic E-state index is 11.0. The number of hydrogen-bond acceptors (Lipinski definition) is 3. The first-order valence-corrected chi connectivity index (χ1v) is 11.6. The number of unbranched alkanes of at least 4 members (excludes halogenated alkanes) is 1. The molecular formula is C26H38O3. The number of phenols is 1. The number of aryl methyl sites for hydroxylation is 1. The number of aromatic hydroxyl groups is 1. The Hall–Kier alpha value is -1.32. The standard InChI is InChI=1S/C26H38O3/c1-4-26-14-13-18-15-20(28)9-10-21(18)24(26)19(8-6-5-7-17(2)27)16-25(3)22(26)11-12-23(25)29/h4,9-10,15,17,19,22-24,27-29H,1,5-8,11-14,16H2,2-3H3/t17-,19+,22-,23+,24-,25+,26-/m1/s1. The molecule has 0 aliphatic heterocycles. The first kappa shape index (κ1) is 20.9. The molecule has 3 nitrogen and oxygen atoms in total. The Kier molecular flexibility index (Phi) is 5.59. The molecule has 0 amide bonds. The predicted molar refractivity (Wildman–Crippen MR) is 117 cm³/mol. The molecule has 3 heteroatoms. The predicted octanol–water partition coefficient (Wildman–Crippen LogP) is 5.33. The van der Waals surface area contributed by atoms with Gasteiger partial charge in [-0.2, -0.15) is 0 Å². The van der Waals surface area contributed by atoms with Crippen LogP contribution >= 0.6 is 0 Å². The Bertz CT molecular complexity index is 756. The van der Waals surface area contributed by atoms with E-state index in [1.165, 1.54) is 11.1 Å². The van der Waals surface area contributed by atoms with Crippen LogP contribution in [0.3, 0.4) is 0 Å². The fraction of sp³-hybridized carbons (Fsp3) is 0.692. The Balaban J connectivity index is 1.72. The second-order valence-electron chi connectivity index (χ2n) is 10.4. The highest BCUT2D eigenvalue weighted by Crippen LogP contribution is 2.69. The van der Waals surface area contributed by atoms with Gasteiger partial charge in [0.25, 0.3) is 0 Å². The van der Waals surface area contributed by atoms with Gasteiger partial charge in [0.2, 0.25) is 0 Å². The lowest BCUT2D eigenvalue weighted by molar-refractivity contribution is -0.0813. The van der Waals surface area contributed by atoms with Gasteiger partial charge in [-0.25, -0.2) is 0 Å². The first-order chi connectivity index (χ1) is 13.8. The molecule has 4 rings (SSSR count). The van der Waals surface area contributed by atoms with Crippen molar-refractivity contribution in [1.82, 2.24) is 0 Å². The monoisotopic (exact) mass is 398 g/mol. The lowest BCUT2D eigenvalue weighted by Gasteiger charge is -2.60. The van der Waals surface area contributed by atoms with Crippen molar-refractivity contribution >= 4 is 0 Å². The summed E-state index contributed by atoms with van der Waals surface area (Å²) in [6.07, 6.45) is 11.0. The third-order valence-corrected chi connectivity index (χ3v) is 8.80. The SMILES string of the molecule is C=C[C@]12CCc3cc(O)ccc3[C@H]1[C@@H](CCCC[C@@H](C)O)C[C@@]1(C)[C@H]2CC[C@@H]1O. The van der Waals surface area contributed by atoms with E-state index >= 15 is 0 Å². The van der Waals surface area contributed by atoms with E-state index in [1.807, 2.05) is 19.1 Å². The van der Waals surface area contributed by atoms with Crippen LogP contribution in [0.5, 0.6) is 5.75 Å². The van der Waals surface area contributed by atoms with E-state index in [0.29, 0.717) is 23.5 Å². The van der Waals surface area contributed by atoms with Crippen LogP contribution in [-0.2, 0) is 6.42 Å². The fourth-order valence-electron chi connectivity index (χ4n) is 7.54. The number of aliphatic hydroxyl groups is 2. The highest BCUT2D eigenvalue weighted by atomic mass is 16.3. The second kappa shape index (κ2) is 7.74. The molecule has 3 aliphatic carbocycles. The van der Waals surface area contributed by atoms with Gasteiger partial charge < -0.3 is 15.3 Å². The van der Waals surface area contributed by atoms with Crippen LogP contribution in [0.4, 0.5) is 0 Å². The minimum absolute atomic E-state index is 0.0311. The van der Waals surface area contributed by atoms with Crippen molar-refractivity contribution in [2.75, 3.05) is 0 Å². The minimum Gasteiger partial charge on any atom is -0.508 e. The molecule has 0 aromatic heterocycles. The highest BCUT2D eigenvalue weighted by molar-refractivity contribution is 5.43. The van der Waals surface area contributed by atoms with Crippen LogP contribution in [0.15, 0.2) is 30.9 Å². The second-order valence-corrected chi connectivity index (χ2v) is 10.4. The van der Waals surface area contributed by atoms with Crippen molar-refractivity contribution in [1.29, 1.82) is 0 Å². The average Bonchev–Trinajstić information content (AvgIpc) is 2.99. The van der Waals surface area contributed by atoms with E-state index in [2.05, 4.69) is 25.6 Å². The topological polar surface area (TPSA) is 60.7 Å². The van der Waals surface area contributed by atoms with Gasteiger partial charge in [-0.1, -0.05) is 31.9 Å². The van der Waals surface area contributed by atoms with Gasteiger partial charge >= 0.3 is 0 Å². The summed E-state index contributed by atoms with van der Waals surface area (Å²) in [5, 5.41) is 30.7. The summed E-state index contributed by atoms with van der Waals surface area (Å²) < 4.78 is 0. The maximum Gasteiger partial charge on any atom is 0.115 e. The largest absolute Gasteiger partial charge is 0.508 e. The third kappa shape index (κ3) is 3.35. The van der Waals surface area contributed by atoms with Crippen molar-refractivity contribution in [3.63, 3.8) is 0 Å². The van der Waals surface area contributed by atoms with E-state index in [4.69, 9.17) is 0 Å². The smallest absolute Gasteiger partial charge is 0.115 e. The summed E-state index contributed by atoms with van der Waals surface area (Å²) in [5.41, 5.74) is 2.69. The van der Waals surface area contributed by atoms with Gasteiger partial charge in [-0.05, 0) is 104 Å². The number of allylic oxidation sites excluding steroid dienone is 1. The van der Waals surface area contributed by atoms with Crippen LogP contribution in [0, 0.1) is 22.7 Å². The van der Waals surface area contributed by atoms with Crippen LogP contribution in [0.1, 0.15) is 82.3 Å². The van der Waals surface area contributed by atoms with E-state index in [9.17, 15) is 15.3 Å². The molecule has 7 atom stereocenters. The van der Waals surface area contributed by atoms with Gasteiger partial charge in [0.05, 0.1) is 12.2 Å². The molecule has 0 bridgehead atoms. The molecule has 0 unspecified atom stereocenters. The average molecular weight is 399 g/mol. The first-order valence-electron chi connectivity index (χ1n) is 11.6. The number of benzene rings is 1. The number of fused-ring (bicyclic) bond motifs is 5. The number of hydrogen-bond donors (Lipinski definition) is 3. The quantitative estimate of drug-likeness (QED) is 0.448. The van der Waals surface area contributed by atoms with Crippen molar-refractivity contribution in [3.8, 4) is 5.75 Å². The minimum atomic E-state index is -0.231. The van der Waals surface area contributed by atoms with Crippen molar-refractivity contribution in [3.05, 3.63) is 42.0 Å². The molecule has 2 saturated carbocycles. The lowest BCUT2D eigenvalue weighted by atomic mass is 9.44. The molecule has 3 aliphatic rings. The molecule has 3 N–H and O–H groups in total. The summed E-state index contributed by atoms with van der Waals surface area (Å²) in [4.78, 5) is 0. The zero-order valence-corrected chi connectivity index (χ0v) is 18.1. The third-order valence-electron chi connectivity index (χ3n) is 8.80. The molecular weight excluding hydrogens is 360 g/mol. The summed E-state index contributed by atoms with van der Waals surface area (Å²) in [5.74, 6) is 1.75. The maximum atomic E-state index is 11.0. The van der Waals surface area contributed by atoms with Crippen LogP contribution < -0.4 is 0 Å². The van der Waals surface area contributed by atoms with Gasteiger partial charge in [-0.3, -0.25) is 0 Å². The zero-order valence-electron chi connectivity index (χ0n) is 18.1. The van der Waals surface area contributed by atoms with Crippen molar-refractivity contribution in [2.45, 2.75) is 89.8 Å². The van der Waals surface area contributed by atoms with E-state index in [0.717, 1.165) is 57.8 Å². The highest BCUT2D eigenvalue weighted by Gasteiger charge is 2.63. The normalized spacial score (nSPS) is 39.3. The molecule has 1 aromatic carbocycles. The Morgan fingerprint density at radius 1 is 1.28 bits per heavy atom. The number of phenolic OH excluding ortho intramolecular Hbond substituents is 1. The summed E-state index contributed by atoms with van der Waals surface area (Å²) in [6.45, 7) is 8.55. The van der Waals surface area contributed by atoms with Gasteiger partial charge in [0.15, 0.2) is 0 Å². The Morgan fingerprint density at radius 2 is 2.07 bits per heavy atom. The van der Waals surface area contributed by atoms with Gasteiger partial charge in [0.1, 0.15) is 5.75 Å². The Morgan fingerprint density at radius 3 is 2.79 bits per heavy atom. The van der Waals surface area contributed by atoms with E-state index < -0.39 is 0 Å². The molecule has 160 valence electrons. The fourth-order valence-corrected chi connectivity index (χ4v) is 7.54. The summed E-state index contributed by atoms with van der Waals surface area (Å²) >= 11 is 0. The zero-order chi connectivity index (χ0) is 20.8. The van der Waals surface area contributed by atoms with Crippen LogP contribution in [-0.4, -0.2) is 27.5 Å². The summed E-state index contributed by atoms with van der Waals surface area (Å²) in [6, 6.07) is 5.97. The van der Waals surface area contributed by atoms with E-state index in [1.54, 1.807) is 0 Å². The molecule has 29 heavy (non-hydrogen) atoms. The lowest BCUT2D eigenvalue weighted by Crippen LogP contribution is -2.54. The number of rotatable bonds is 6. The molecule has 0 radical (unpaired) electrons.